The second kappa shape index (κ2) is 6.45. The first-order valence-corrected chi connectivity index (χ1v) is 8.93. The van der Waals surface area contributed by atoms with Gasteiger partial charge in [0.15, 0.2) is 9.84 Å². The molecule has 0 spiro atoms. The van der Waals surface area contributed by atoms with Crippen LogP contribution >= 0.6 is 0 Å². The molecule has 0 saturated heterocycles. The molecule has 7 heteroatoms. The average Bonchev–Trinajstić information content (AvgIpc) is 2.70. The average molecular weight is 345 g/mol. The Hall–Kier alpha value is -2.67. The van der Waals surface area contributed by atoms with Gasteiger partial charge in [0, 0.05) is 23.5 Å². The Labute approximate surface area is 139 Å². The molecule has 0 amide bonds. The number of hydrogen-bond acceptors (Lipinski definition) is 5. The summed E-state index contributed by atoms with van der Waals surface area (Å²) in [6.07, 6.45) is 4.72. The van der Waals surface area contributed by atoms with Crippen LogP contribution in [0.15, 0.2) is 53.2 Å². The molecule has 0 saturated carbocycles. The van der Waals surface area contributed by atoms with Crippen molar-refractivity contribution in [3.63, 3.8) is 0 Å². The van der Waals surface area contributed by atoms with E-state index in [9.17, 15) is 18.3 Å². The van der Waals surface area contributed by atoms with Gasteiger partial charge in [-0.2, -0.15) is 0 Å². The van der Waals surface area contributed by atoms with Crippen molar-refractivity contribution < 1.29 is 23.1 Å². The van der Waals surface area contributed by atoms with Crippen LogP contribution in [-0.2, 0) is 21.2 Å². The summed E-state index contributed by atoms with van der Waals surface area (Å²) in [5.74, 6) is -0.857. The van der Waals surface area contributed by atoms with Crippen LogP contribution in [0, 0.1) is 0 Å². The van der Waals surface area contributed by atoms with E-state index in [4.69, 9.17) is 4.74 Å². The number of carboxylic acid groups (broad SMARTS) is 1. The molecule has 1 aliphatic heterocycles. The third-order valence-electron chi connectivity index (χ3n) is 3.69. The largest absolute Gasteiger partial charge is 0.489 e. The fraction of sp³-hybridized carbons (Fsp3) is 0.176. The van der Waals surface area contributed by atoms with Crippen LogP contribution in [0.1, 0.15) is 17.5 Å². The molecular weight excluding hydrogens is 330 g/mol. The summed E-state index contributed by atoms with van der Waals surface area (Å²) in [5.41, 5.74) is 1.29. The molecule has 3 rings (SSSR count). The zero-order chi connectivity index (χ0) is 17.2. The van der Waals surface area contributed by atoms with Crippen LogP contribution in [0.5, 0.6) is 5.75 Å². The van der Waals surface area contributed by atoms with E-state index in [1.165, 1.54) is 12.1 Å². The minimum atomic E-state index is -3.51. The molecule has 1 N–H and O–H groups in total. The van der Waals surface area contributed by atoms with Crippen LogP contribution in [0.4, 0.5) is 0 Å². The third kappa shape index (κ3) is 3.46. The van der Waals surface area contributed by atoms with Gasteiger partial charge in [-0.3, -0.25) is 4.98 Å². The molecule has 1 aromatic carbocycles. The first kappa shape index (κ1) is 16.2. The molecule has 1 aliphatic rings. The quantitative estimate of drug-likeness (QED) is 0.914. The minimum absolute atomic E-state index is 0.0157. The summed E-state index contributed by atoms with van der Waals surface area (Å²) >= 11 is 0. The fourth-order valence-corrected chi connectivity index (χ4v) is 3.91. The second-order valence-electron chi connectivity index (χ2n) is 5.39. The molecule has 0 aliphatic carbocycles. The number of pyridine rings is 1. The first-order chi connectivity index (χ1) is 11.5. The number of carboxylic acids is 1. The lowest BCUT2D eigenvalue weighted by Gasteiger charge is -2.09. The van der Waals surface area contributed by atoms with Gasteiger partial charge in [-0.25, -0.2) is 13.2 Å². The van der Waals surface area contributed by atoms with Crippen molar-refractivity contribution in [3.8, 4) is 5.75 Å². The van der Waals surface area contributed by atoms with Gasteiger partial charge in [0.2, 0.25) is 0 Å². The SMILES string of the molecule is O=C(O)C1=Cc2cc(OCc3cccnc3)ccc2S(=O)(=O)CC1. The molecule has 0 fully saturated rings. The molecule has 2 aromatic rings. The Morgan fingerprint density at radius 1 is 1.29 bits per heavy atom. The minimum Gasteiger partial charge on any atom is -0.489 e. The van der Waals surface area contributed by atoms with Crippen LogP contribution in [0.2, 0.25) is 0 Å². The predicted molar refractivity (Wildman–Crippen MR) is 87.3 cm³/mol. The summed E-state index contributed by atoms with van der Waals surface area (Å²) in [6.45, 7) is 0.287. The Morgan fingerprint density at radius 2 is 2.12 bits per heavy atom. The highest BCUT2D eigenvalue weighted by molar-refractivity contribution is 7.91. The molecular formula is C17H15NO5S. The Balaban J connectivity index is 1.92. The normalized spacial score (nSPS) is 15.8. The highest BCUT2D eigenvalue weighted by Crippen LogP contribution is 2.29. The summed E-state index contributed by atoms with van der Waals surface area (Å²) in [5, 5.41) is 9.18. The Morgan fingerprint density at radius 3 is 2.83 bits per heavy atom. The molecule has 0 radical (unpaired) electrons. The van der Waals surface area contributed by atoms with E-state index in [0.29, 0.717) is 11.3 Å². The van der Waals surface area contributed by atoms with Crippen molar-refractivity contribution >= 4 is 21.9 Å². The van der Waals surface area contributed by atoms with Gasteiger partial charge in [0.05, 0.1) is 10.6 Å². The second-order valence-corrected chi connectivity index (χ2v) is 7.47. The molecule has 2 heterocycles. The highest BCUT2D eigenvalue weighted by atomic mass is 32.2. The maximum atomic E-state index is 12.3. The highest BCUT2D eigenvalue weighted by Gasteiger charge is 2.24. The van der Waals surface area contributed by atoms with Crippen molar-refractivity contribution in [2.45, 2.75) is 17.9 Å². The fourth-order valence-electron chi connectivity index (χ4n) is 2.45. The topological polar surface area (TPSA) is 93.6 Å². The third-order valence-corrected chi connectivity index (χ3v) is 5.47. The molecule has 124 valence electrons. The van der Waals surface area contributed by atoms with E-state index in [1.54, 1.807) is 30.6 Å². The van der Waals surface area contributed by atoms with E-state index in [1.807, 2.05) is 6.07 Å². The Kier molecular flexibility index (Phi) is 4.35. The number of benzene rings is 1. The van der Waals surface area contributed by atoms with Gasteiger partial charge >= 0.3 is 5.97 Å². The van der Waals surface area contributed by atoms with Crippen molar-refractivity contribution in [3.05, 3.63) is 59.4 Å². The van der Waals surface area contributed by atoms with Crippen molar-refractivity contribution in [2.75, 3.05) is 5.75 Å². The standard InChI is InChI=1S/C17H15NO5S/c19-17(20)13-5-7-24(21,22)16-4-3-15(9-14(16)8-13)23-11-12-2-1-6-18-10-12/h1-4,6,8-10H,5,7,11H2,(H,19,20). The van der Waals surface area contributed by atoms with Gasteiger partial charge in [-0.1, -0.05) is 6.07 Å². The zero-order valence-electron chi connectivity index (χ0n) is 12.7. The predicted octanol–water partition coefficient (Wildman–Crippen LogP) is 2.31. The van der Waals surface area contributed by atoms with E-state index >= 15 is 0 Å². The van der Waals surface area contributed by atoms with Crippen LogP contribution in [0.3, 0.4) is 0 Å². The van der Waals surface area contributed by atoms with E-state index < -0.39 is 15.8 Å². The van der Waals surface area contributed by atoms with Gasteiger partial charge in [-0.05, 0) is 42.3 Å². The lowest BCUT2D eigenvalue weighted by atomic mass is 10.1. The maximum Gasteiger partial charge on any atom is 0.331 e. The van der Waals surface area contributed by atoms with E-state index in [-0.39, 0.29) is 29.2 Å². The Bertz CT molecular complexity index is 904. The molecule has 0 bridgehead atoms. The molecule has 0 unspecified atom stereocenters. The lowest BCUT2D eigenvalue weighted by Crippen LogP contribution is -2.08. The first-order valence-electron chi connectivity index (χ1n) is 7.28. The van der Waals surface area contributed by atoms with Gasteiger partial charge in [0.25, 0.3) is 0 Å². The summed E-state index contributed by atoms with van der Waals surface area (Å²) in [6, 6.07) is 8.25. The number of rotatable bonds is 4. The molecule has 24 heavy (non-hydrogen) atoms. The number of carbonyl (C=O) groups is 1. The number of hydrogen-bond donors (Lipinski definition) is 1. The maximum absolute atomic E-state index is 12.3. The lowest BCUT2D eigenvalue weighted by molar-refractivity contribution is -0.132. The van der Waals surface area contributed by atoms with Crippen molar-refractivity contribution in [1.82, 2.24) is 4.98 Å². The summed E-state index contributed by atoms with van der Waals surface area (Å²) < 4.78 is 30.2. The zero-order valence-corrected chi connectivity index (χ0v) is 13.5. The molecule has 0 atom stereocenters. The molecule has 1 aromatic heterocycles. The monoisotopic (exact) mass is 345 g/mol. The van der Waals surface area contributed by atoms with Crippen LogP contribution < -0.4 is 4.74 Å². The van der Waals surface area contributed by atoms with Crippen molar-refractivity contribution in [1.29, 1.82) is 0 Å². The van der Waals surface area contributed by atoms with Crippen molar-refractivity contribution in [2.24, 2.45) is 0 Å². The smallest absolute Gasteiger partial charge is 0.331 e. The van der Waals surface area contributed by atoms with Gasteiger partial charge in [0.1, 0.15) is 12.4 Å². The van der Waals surface area contributed by atoms with Crippen LogP contribution in [-0.4, -0.2) is 30.2 Å². The number of fused-ring (bicyclic) bond motifs is 1. The number of nitrogens with zero attached hydrogens (tertiary/aromatic N) is 1. The number of aromatic nitrogens is 1. The molecule has 6 nitrogen and oxygen atoms in total. The van der Waals surface area contributed by atoms with E-state index in [0.717, 1.165) is 5.56 Å². The number of ether oxygens (including phenoxy) is 1. The summed E-state index contributed by atoms with van der Waals surface area (Å²) in [4.78, 5) is 15.3. The summed E-state index contributed by atoms with van der Waals surface area (Å²) in [7, 11) is -3.51. The van der Waals surface area contributed by atoms with Gasteiger partial charge in [-0.15, -0.1) is 0 Å². The van der Waals surface area contributed by atoms with Crippen LogP contribution in [0.25, 0.3) is 6.08 Å². The van der Waals surface area contributed by atoms with E-state index in [2.05, 4.69) is 4.98 Å². The number of aliphatic carboxylic acids is 1. The number of sulfone groups is 1. The van der Waals surface area contributed by atoms with Gasteiger partial charge < -0.3 is 9.84 Å².